The predicted molar refractivity (Wildman–Crippen MR) is 102 cm³/mol. The Kier molecular flexibility index (Phi) is 8.48. The number of carbonyl (C=O) groups is 4. The predicted octanol–water partition coefficient (Wildman–Crippen LogP) is 3.21. The summed E-state index contributed by atoms with van der Waals surface area (Å²) in [4.78, 5) is 50.7. The van der Waals surface area contributed by atoms with Crippen LogP contribution in [0.15, 0.2) is 0 Å². The lowest BCUT2D eigenvalue weighted by Crippen LogP contribution is -2.68. The molecule has 0 spiro atoms. The molecule has 0 aliphatic heterocycles. The third kappa shape index (κ3) is 7.36. The SMILES string of the molecule is CCOC(=O)[C@](C)(C(=O)C(C)C)N(NC(=O)OC(C)(C)C)C(=O)OC(C)(C)C. The second-order valence-electron chi connectivity index (χ2n) is 8.74. The van der Waals surface area contributed by atoms with Crippen LogP contribution in [0.5, 0.6) is 0 Å². The molecule has 0 aromatic rings. The second-order valence-corrected chi connectivity index (χ2v) is 8.74. The monoisotopic (exact) mass is 402 g/mol. The van der Waals surface area contributed by atoms with Crippen molar-refractivity contribution in [2.75, 3.05) is 6.61 Å². The summed E-state index contributed by atoms with van der Waals surface area (Å²) in [5.74, 6) is -2.26. The van der Waals surface area contributed by atoms with E-state index >= 15 is 0 Å². The summed E-state index contributed by atoms with van der Waals surface area (Å²) in [6, 6.07) is 0. The van der Waals surface area contributed by atoms with E-state index in [-0.39, 0.29) is 6.61 Å². The van der Waals surface area contributed by atoms with E-state index in [2.05, 4.69) is 5.43 Å². The summed E-state index contributed by atoms with van der Waals surface area (Å²) in [6.45, 7) is 15.6. The van der Waals surface area contributed by atoms with E-state index in [9.17, 15) is 19.2 Å². The Labute approximate surface area is 167 Å². The molecular formula is C19H34N2O7. The van der Waals surface area contributed by atoms with Crippen LogP contribution in [0.1, 0.15) is 69.2 Å². The molecule has 0 aromatic heterocycles. The van der Waals surface area contributed by atoms with E-state index in [4.69, 9.17) is 14.2 Å². The molecule has 162 valence electrons. The fraction of sp³-hybridized carbons (Fsp3) is 0.789. The summed E-state index contributed by atoms with van der Waals surface area (Å²) in [7, 11) is 0. The Balaban J connectivity index is 6.23. The second kappa shape index (κ2) is 9.25. The topological polar surface area (TPSA) is 111 Å². The Morgan fingerprint density at radius 2 is 1.36 bits per heavy atom. The number of hydrazine groups is 1. The zero-order valence-electron chi connectivity index (χ0n) is 18.6. The van der Waals surface area contributed by atoms with Gasteiger partial charge in [-0.1, -0.05) is 13.8 Å². The van der Waals surface area contributed by atoms with Gasteiger partial charge in [-0.2, -0.15) is 5.01 Å². The van der Waals surface area contributed by atoms with Crippen molar-refractivity contribution in [2.45, 2.75) is 86.0 Å². The fourth-order valence-electron chi connectivity index (χ4n) is 2.18. The maximum absolute atomic E-state index is 12.9. The first-order valence-electron chi connectivity index (χ1n) is 9.20. The smallest absolute Gasteiger partial charge is 0.430 e. The molecule has 28 heavy (non-hydrogen) atoms. The van der Waals surface area contributed by atoms with E-state index in [1.54, 1.807) is 62.3 Å². The van der Waals surface area contributed by atoms with Crippen molar-refractivity contribution in [1.82, 2.24) is 10.4 Å². The minimum Gasteiger partial charge on any atom is -0.464 e. The minimum absolute atomic E-state index is 0.0194. The quantitative estimate of drug-likeness (QED) is 0.325. The van der Waals surface area contributed by atoms with Crippen LogP contribution in [0, 0.1) is 5.92 Å². The number of esters is 1. The average Bonchev–Trinajstić information content (AvgIpc) is 2.47. The summed E-state index contributed by atoms with van der Waals surface area (Å²) in [5.41, 5.74) is -1.77. The van der Waals surface area contributed by atoms with Gasteiger partial charge in [0.05, 0.1) is 6.61 Å². The van der Waals surface area contributed by atoms with Crippen LogP contribution in [0.2, 0.25) is 0 Å². The van der Waals surface area contributed by atoms with Crippen LogP contribution in [0.25, 0.3) is 0 Å². The molecule has 0 aliphatic rings. The van der Waals surface area contributed by atoms with E-state index in [1.807, 2.05) is 0 Å². The fourth-order valence-corrected chi connectivity index (χ4v) is 2.18. The van der Waals surface area contributed by atoms with Crippen LogP contribution in [0.4, 0.5) is 9.59 Å². The van der Waals surface area contributed by atoms with Crippen LogP contribution in [0.3, 0.4) is 0 Å². The lowest BCUT2D eigenvalue weighted by Gasteiger charge is -2.39. The highest BCUT2D eigenvalue weighted by molar-refractivity contribution is 6.10. The molecule has 2 amide bonds. The largest absolute Gasteiger partial charge is 0.464 e. The van der Waals surface area contributed by atoms with Gasteiger partial charge in [0.25, 0.3) is 0 Å². The van der Waals surface area contributed by atoms with E-state index < -0.39 is 46.6 Å². The number of nitrogens with zero attached hydrogens (tertiary/aromatic N) is 1. The molecular weight excluding hydrogens is 368 g/mol. The standard InChI is InChI=1S/C19H34N2O7/c1-11-26-14(23)19(10,13(22)12(2)3)21(16(25)28-18(7,8)9)20-15(24)27-17(4,5)6/h12H,11H2,1-10H3,(H,20,24)/t19-/m0/s1. The third-order valence-corrected chi connectivity index (χ3v) is 3.30. The Bertz CT molecular complexity index is 602. The number of Topliss-reactive ketones (excluding diaryl/α,β-unsaturated/α-hetero) is 1. The van der Waals surface area contributed by atoms with Gasteiger partial charge in [0.1, 0.15) is 11.2 Å². The van der Waals surface area contributed by atoms with Crippen LogP contribution < -0.4 is 5.43 Å². The van der Waals surface area contributed by atoms with Gasteiger partial charge in [-0.3, -0.25) is 4.79 Å². The van der Waals surface area contributed by atoms with Gasteiger partial charge in [-0.05, 0) is 55.4 Å². The summed E-state index contributed by atoms with van der Waals surface area (Å²) in [6.07, 6.45) is -2.12. The highest BCUT2D eigenvalue weighted by Crippen LogP contribution is 2.24. The molecule has 0 bridgehead atoms. The Morgan fingerprint density at radius 1 is 0.893 bits per heavy atom. The normalized spacial score (nSPS) is 14.0. The highest BCUT2D eigenvalue weighted by Gasteiger charge is 2.53. The van der Waals surface area contributed by atoms with Crippen LogP contribution in [-0.2, 0) is 23.8 Å². The molecule has 0 radical (unpaired) electrons. The summed E-state index contributed by atoms with van der Waals surface area (Å²) < 4.78 is 15.5. The zero-order chi connectivity index (χ0) is 22.5. The van der Waals surface area contributed by atoms with Gasteiger partial charge in [0, 0.05) is 5.92 Å². The lowest BCUT2D eigenvalue weighted by atomic mass is 9.88. The molecule has 0 aliphatic carbocycles. The van der Waals surface area contributed by atoms with Crippen molar-refractivity contribution in [3.63, 3.8) is 0 Å². The van der Waals surface area contributed by atoms with Crippen molar-refractivity contribution in [2.24, 2.45) is 5.92 Å². The van der Waals surface area contributed by atoms with Crippen molar-refractivity contribution in [1.29, 1.82) is 0 Å². The molecule has 0 saturated heterocycles. The number of hydrogen-bond acceptors (Lipinski definition) is 7. The number of ketones is 1. The van der Waals surface area contributed by atoms with Crippen LogP contribution in [-0.4, -0.2) is 52.3 Å². The number of nitrogens with one attached hydrogen (secondary N) is 1. The lowest BCUT2D eigenvalue weighted by molar-refractivity contribution is -0.164. The van der Waals surface area contributed by atoms with E-state index in [1.165, 1.54) is 6.92 Å². The molecule has 1 N–H and O–H groups in total. The third-order valence-electron chi connectivity index (χ3n) is 3.30. The molecule has 0 aromatic carbocycles. The average molecular weight is 402 g/mol. The number of hydrogen-bond donors (Lipinski definition) is 1. The molecule has 0 rings (SSSR count). The molecule has 9 nitrogen and oxygen atoms in total. The Hall–Kier alpha value is -2.32. The van der Waals surface area contributed by atoms with Gasteiger partial charge in [-0.25, -0.2) is 19.8 Å². The molecule has 0 saturated carbocycles. The van der Waals surface area contributed by atoms with Crippen LogP contribution >= 0.6 is 0 Å². The molecule has 0 unspecified atom stereocenters. The van der Waals surface area contributed by atoms with Crippen molar-refractivity contribution in [3.8, 4) is 0 Å². The minimum atomic E-state index is -2.15. The number of amides is 2. The van der Waals surface area contributed by atoms with Gasteiger partial charge in [-0.15, -0.1) is 0 Å². The summed E-state index contributed by atoms with van der Waals surface area (Å²) in [5, 5.41) is 0.548. The first kappa shape index (κ1) is 25.7. The van der Waals surface area contributed by atoms with E-state index in [0.717, 1.165) is 0 Å². The number of ether oxygens (including phenoxy) is 3. The Morgan fingerprint density at radius 3 is 1.71 bits per heavy atom. The number of carbonyl (C=O) groups excluding carboxylic acids is 4. The van der Waals surface area contributed by atoms with Crippen molar-refractivity contribution >= 4 is 23.9 Å². The highest BCUT2D eigenvalue weighted by atomic mass is 16.6. The first-order chi connectivity index (χ1) is 12.5. The molecule has 0 heterocycles. The zero-order valence-corrected chi connectivity index (χ0v) is 18.6. The van der Waals surface area contributed by atoms with Crippen molar-refractivity contribution < 1.29 is 33.4 Å². The maximum atomic E-state index is 12.9. The van der Waals surface area contributed by atoms with Gasteiger partial charge >= 0.3 is 18.2 Å². The van der Waals surface area contributed by atoms with E-state index in [0.29, 0.717) is 5.01 Å². The first-order valence-corrected chi connectivity index (χ1v) is 9.20. The van der Waals surface area contributed by atoms with Gasteiger partial charge in [0.15, 0.2) is 5.78 Å². The summed E-state index contributed by atoms with van der Waals surface area (Å²) >= 11 is 0. The maximum Gasteiger partial charge on any atom is 0.430 e. The molecule has 0 fully saturated rings. The molecule has 1 atom stereocenters. The molecule has 9 heteroatoms. The number of rotatable bonds is 5. The van der Waals surface area contributed by atoms with Gasteiger partial charge in [0.2, 0.25) is 5.54 Å². The van der Waals surface area contributed by atoms with Gasteiger partial charge < -0.3 is 14.2 Å². The van der Waals surface area contributed by atoms with Crippen molar-refractivity contribution in [3.05, 3.63) is 0 Å².